The number of anilines is 2. The fourth-order valence-electron chi connectivity index (χ4n) is 2.48. The van der Waals surface area contributed by atoms with Gasteiger partial charge in [0.15, 0.2) is 0 Å². The molecule has 0 spiro atoms. The predicted octanol–water partition coefficient (Wildman–Crippen LogP) is 3.14. The maximum atomic E-state index is 4.39. The number of fused-ring (bicyclic) bond motifs is 1. The van der Waals surface area contributed by atoms with Crippen LogP contribution in [0.4, 0.5) is 11.4 Å². The number of hydrogen-bond donors (Lipinski definition) is 1. The first-order valence-electron chi connectivity index (χ1n) is 6.29. The molecule has 18 heavy (non-hydrogen) atoms. The number of benzene rings is 1. The van der Waals surface area contributed by atoms with Crippen LogP contribution < -0.4 is 10.2 Å². The van der Waals surface area contributed by atoms with E-state index in [1.165, 1.54) is 35.5 Å². The van der Waals surface area contributed by atoms with Crippen LogP contribution in [-0.2, 0) is 13.0 Å². The third kappa shape index (κ3) is 2.20. The van der Waals surface area contributed by atoms with Gasteiger partial charge in [0.25, 0.3) is 0 Å². The number of aryl methyl sites for hydroxylation is 1. The monoisotopic (exact) mass is 259 g/mol. The molecule has 0 unspecified atom stereocenters. The molecule has 3 nitrogen and oxygen atoms in total. The van der Waals surface area contributed by atoms with Gasteiger partial charge in [0.05, 0.1) is 17.7 Å². The number of hydrogen-bond acceptors (Lipinski definition) is 4. The molecule has 0 bridgehead atoms. The van der Waals surface area contributed by atoms with Crippen LogP contribution in [0.2, 0.25) is 0 Å². The average molecular weight is 259 g/mol. The minimum Gasteiger partial charge on any atom is -0.388 e. The van der Waals surface area contributed by atoms with Crippen molar-refractivity contribution in [3.05, 3.63) is 40.3 Å². The van der Waals surface area contributed by atoms with Gasteiger partial charge < -0.3 is 10.2 Å². The topological polar surface area (TPSA) is 28.2 Å². The van der Waals surface area contributed by atoms with Crippen molar-refractivity contribution >= 4 is 22.7 Å². The molecule has 1 N–H and O–H groups in total. The molecule has 1 aliphatic heterocycles. The molecule has 2 heterocycles. The van der Waals surface area contributed by atoms with Crippen LogP contribution in [0.25, 0.3) is 0 Å². The van der Waals surface area contributed by atoms with Crippen LogP contribution >= 0.6 is 11.3 Å². The number of rotatable bonds is 3. The minimum atomic E-state index is 0.920. The Bertz CT molecular complexity index is 522. The molecule has 2 aromatic rings. The van der Waals surface area contributed by atoms with Gasteiger partial charge in [-0.3, -0.25) is 0 Å². The summed E-state index contributed by atoms with van der Waals surface area (Å²) in [4.78, 5) is 6.83. The van der Waals surface area contributed by atoms with Crippen molar-refractivity contribution in [2.24, 2.45) is 0 Å². The zero-order valence-electron chi connectivity index (χ0n) is 10.5. The van der Waals surface area contributed by atoms with Crippen LogP contribution in [-0.4, -0.2) is 18.6 Å². The Hall–Kier alpha value is -1.55. The summed E-state index contributed by atoms with van der Waals surface area (Å²) in [6.07, 6.45) is 2.42. The van der Waals surface area contributed by atoms with E-state index in [-0.39, 0.29) is 0 Å². The van der Waals surface area contributed by atoms with Gasteiger partial charge in [-0.05, 0) is 30.5 Å². The first-order valence-corrected chi connectivity index (χ1v) is 7.24. The van der Waals surface area contributed by atoms with Gasteiger partial charge in [-0.15, -0.1) is 11.3 Å². The smallest absolute Gasteiger partial charge is 0.0795 e. The summed E-state index contributed by atoms with van der Waals surface area (Å²) < 4.78 is 0. The van der Waals surface area contributed by atoms with E-state index in [1.807, 2.05) is 12.6 Å². The zero-order chi connectivity index (χ0) is 12.4. The Kier molecular flexibility index (Phi) is 3.19. The summed E-state index contributed by atoms with van der Waals surface area (Å²) in [6.45, 7) is 2.04. The fourth-order valence-corrected chi connectivity index (χ4v) is 3.03. The molecular weight excluding hydrogens is 242 g/mol. The van der Waals surface area contributed by atoms with E-state index in [4.69, 9.17) is 0 Å². The molecule has 0 amide bonds. The summed E-state index contributed by atoms with van der Waals surface area (Å²) in [6, 6.07) is 6.65. The lowest BCUT2D eigenvalue weighted by Crippen LogP contribution is -2.29. The molecule has 0 saturated heterocycles. The van der Waals surface area contributed by atoms with E-state index in [0.29, 0.717) is 0 Å². The van der Waals surface area contributed by atoms with Crippen LogP contribution in [0.3, 0.4) is 0 Å². The van der Waals surface area contributed by atoms with Crippen LogP contribution in [0.5, 0.6) is 0 Å². The number of aromatic nitrogens is 1. The Balaban J connectivity index is 1.90. The predicted molar refractivity (Wildman–Crippen MR) is 77.5 cm³/mol. The molecule has 1 aromatic carbocycles. The summed E-state index contributed by atoms with van der Waals surface area (Å²) in [5.41, 5.74) is 7.07. The van der Waals surface area contributed by atoms with Crippen molar-refractivity contribution in [2.45, 2.75) is 19.4 Å². The lowest BCUT2D eigenvalue weighted by atomic mass is 10.0. The second kappa shape index (κ2) is 4.98. The first kappa shape index (κ1) is 11.5. The molecule has 1 aromatic heterocycles. The number of nitrogens with one attached hydrogen (secondary N) is 1. The lowest BCUT2D eigenvalue weighted by Gasteiger charge is -2.31. The molecule has 0 fully saturated rings. The van der Waals surface area contributed by atoms with Gasteiger partial charge in [-0.25, -0.2) is 4.98 Å². The van der Waals surface area contributed by atoms with E-state index in [2.05, 4.69) is 38.8 Å². The SMILES string of the molecule is CNc1ccc2c(c1)N(Cc1cscn1)CCC2. The quantitative estimate of drug-likeness (QED) is 0.918. The van der Waals surface area contributed by atoms with Crippen LogP contribution in [0, 0.1) is 0 Å². The molecule has 0 atom stereocenters. The van der Waals surface area contributed by atoms with E-state index in [0.717, 1.165) is 13.1 Å². The molecular formula is C14H17N3S. The second-order valence-electron chi connectivity index (χ2n) is 4.60. The molecule has 4 heteroatoms. The zero-order valence-corrected chi connectivity index (χ0v) is 11.3. The van der Waals surface area contributed by atoms with Crippen molar-refractivity contribution in [2.75, 3.05) is 23.8 Å². The summed E-state index contributed by atoms with van der Waals surface area (Å²) in [7, 11) is 1.97. The Morgan fingerprint density at radius 1 is 1.44 bits per heavy atom. The van der Waals surface area contributed by atoms with E-state index >= 15 is 0 Å². The number of thiazole rings is 1. The number of nitrogens with zero attached hydrogens (tertiary/aromatic N) is 2. The second-order valence-corrected chi connectivity index (χ2v) is 5.32. The summed E-state index contributed by atoms with van der Waals surface area (Å²) in [5.74, 6) is 0. The highest BCUT2D eigenvalue weighted by Crippen LogP contribution is 2.30. The van der Waals surface area contributed by atoms with Gasteiger partial charge in [-0.1, -0.05) is 6.07 Å². The normalized spacial score (nSPS) is 14.4. The highest BCUT2D eigenvalue weighted by atomic mass is 32.1. The Labute approximate surface area is 111 Å². The fraction of sp³-hybridized carbons (Fsp3) is 0.357. The van der Waals surface area contributed by atoms with Crippen LogP contribution in [0.15, 0.2) is 29.1 Å². The first-order chi connectivity index (χ1) is 8.86. The van der Waals surface area contributed by atoms with E-state index < -0.39 is 0 Å². The maximum absolute atomic E-state index is 4.39. The highest BCUT2D eigenvalue weighted by molar-refractivity contribution is 7.07. The van der Waals surface area contributed by atoms with Crippen LogP contribution in [0.1, 0.15) is 17.7 Å². The van der Waals surface area contributed by atoms with Crippen molar-refractivity contribution in [1.29, 1.82) is 0 Å². The Morgan fingerprint density at radius 3 is 3.17 bits per heavy atom. The van der Waals surface area contributed by atoms with Crippen molar-refractivity contribution in [1.82, 2.24) is 4.98 Å². The van der Waals surface area contributed by atoms with Crippen molar-refractivity contribution in [3.63, 3.8) is 0 Å². The molecule has 1 aliphatic rings. The summed E-state index contributed by atoms with van der Waals surface area (Å²) in [5, 5.41) is 5.35. The largest absolute Gasteiger partial charge is 0.388 e. The third-order valence-corrected chi connectivity index (χ3v) is 4.06. The van der Waals surface area contributed by atoms with E-state index in [9.17, 15) is 0 Å². The molecule has 0 saturated carbocycles. The van der Waals surface area contributed by atoms with Gasteiger partial charge in [0, 0.05) is 30.3 Å². The maximum Gasteiger partial charge on any atom is 0.0795 e. The third-order valence-electron chi connectivity index (χ3n) is 3.43. The molecule has 0 aliphatic carbocycles. The van der Waals surface area contributed by atoms with Crippen molar-refractivity contribution in [3.8, 4) is 0 Å². The molecule has 3 rings (SSSR count). The highest BCUT2D eigenvalue weighted by Gasteiger charge is 2.17. The van der Waals surface area contributed by atoms with Crippen molar-refractivity contribution < 1.29 is 0 Å². The Morgan fingerprint density at radius 2 is 2.39 bits per heavy atom. The van der Waals surface area contributed by atoms with Gasteiger partial charge in [0.1, 0.15) is 0 Å². The standard InChI is InChI=1S/C14H17N3S/c1-15-12-5-4-11-3-2-6-17(14(11)7-12)8-13-9-18-10-16-13/h4-5,7,9-10,15H,2-3,6,8H2,1H3. The lowest BCUT2D eigenvalue weighted by molar-refractivity contribution is 0.686. The molecule has 0 radical (unpaired) electrons. The summed E-state index contributed by atoms with van der Waals surface area (Å²) >= 11 is 1.67. The van der Waals surface area contributed by atoms with Gasteiger partial charge >= 0.3 is 0 Å². The van der Waals surface area contributed by atoms with Gasteiger partial charge in [-0.2, -0.15) is 0 Å². The van der Waals surface area contributed by atoms with Gasteiger partial charge in [0.2, 0.25) is 0 Å². The minimum absolute atomic E-state index is 0.920. The average Bonchev–Trinajstić information content (AvgIpc) is 2.91. The molecule has 94 valence electrons. The van der Waals surface area contributed by atoms with E-state index in [1.54, 1.807) is 11.3 Å².